The average Bonchev–Trinajstić information content (AvgIpc) is 2.55. The second-order valence-electron chi connectivity index (χ2n) is 6.02. The largest absolute Gasteiger partial charge is 0.480 e. The van der Waals surface area contributed by atoms with Gasteiger partial charge in [0.25, 0.3) is 0 Å². The highest BCUT2D eigenvalue weighted by Gasteiger charge is 2.49. The van der Waals surface area contributed by atoms with Gasteiger partial charge in [0.15, 0.2) is 0 Å². The zero-order chi connectivity index (χ0) is 14.6. The number of nitrogens with zero attached hydrogens (tertiary/aromatic N) is 1. The van der Waals surface area contributed by atoms with Crippen molar-refractivity contribution in [1.29, 1.82) is 0 Å². The van der Waals surface area contributed by atoms with Gasteiger partial charge < -0.3 is 25.4 Å². The first-order valence-corrected chi connectivity index (χ1v) is 6.74. The van der Waals surface area contributed by atoms with Gasteiger partial charge in [0, 0.05) is 13.1 Å². The highest BCUT2D eigenvalue weighted by molar-refractivity contribution is 6.40. The smallest absolute Gasteiger partial charge is 0.451 e. The van der Waals surface area contributed by atoms with Crippen LogP contribution in [0.25, 0.3) is 0 Å². The molecular formula is C12H25BN2O4. The lowest BCUT2D eigenvalue weighted by molar-refractivity contribution is -0.142. The normalized spacial score (nSPS) is 30.8. The van der Waals surface area contributed by atoms with E-state index in [1.165, 1.54) is 0 Å². The van der Waals surface area contributed by atoms with Gasteiger partial charge in [-0.15, -0.1) is 0 Å². The van der Waals surface area contributed by atoms with Gasteiger partial charge in [-0.3, -0.25) is 4.79 Å². The van der Waals surface area contributed by atoms with Crippen LogP contribution in [0.2, 0.25) is 6.32 Å². The monoisotopic (exact) mass is 272 g/mol. The SMILES string of the molecule is CN(C)C[C@H]1CN[C@H](C(=O)O)[C@]1(C)CCCB(O)O. The molecule has 3 atom stereocenters. The third kappa shape index (κ3) is 4.17. The first-order valence-electron chi connectivity index (χ1n) is 6.74. The van der Waals surface area contributed by atoms with E-state index in [4.69, 9.17) is 10.0 Å². The molecular weight excluding hydrogens is 247 g/mol. The molecule has 1 saturated heterocycles. The lowest BCUT2D eigenvalue weighted by Crippen LogP contribution is -2.44. The molecule has 0 aromatic carbocycles. The Morgan fingerprint density at radius 2 is 2.11 bits per heavy atom. The molecule has 1 fully saturated rings. The Balaban J connectivity index is 2.74. The summed E-state index contributed by atoms with van der Waals surface area (Å²) in [6, 6.07) is -0.562. The highest BCUT2D eigenvalue weighted by atomic mass is 16.4. The van der Waals surface area contributed by atoms with Crippen molar-refractivity contribution < 1.29 is 19.9 Å². The van der Waals surface area contributed by atoms with Crippen molar-refractivity contribution in [3.8, 4) is 0 Å². The zero-order valence-electron chi connectivity index (χ0n) is 12.0. The molecule has 0 aliphatic carbocycles. The zero-order valence-corrected chi connectivity index (χ0v) is 12.0. The van der Waals surface area contributed by atoms with E-state index in [2.05, 4.69) is 10.2 Å². The van der Waals surface area contributed by atoms with Gasteiger partial charge in [0.2, 0.25) is 0 Å². The van der Waals surface area contributed by atoms with Gasteiger partial charge in [-0.25, -0.2) is 0 Å². The maximum atomic E-state index is 11.4. The van der Waals surface area contributed by atoms with Crippen molar-refractivity contribution in [2.75, 3.05) is 27.2 Å². The van der Waals surface area contributed by atoms with Crippen molar-refractivity contribution in [2.45, 2.75) is 32.1 Å². The van der Waals surface area contributed by atoms with E-state index in [0.29, 0.717) is 19.4 Å². The summed E-state index contributed by atoms with van der Waals surface area (Å²) in [5.41, 5.74) is -0.356. The van der Waals surface area contributed by atoms with Crippen LogP contribution in [0.5, 0.6) is 0 Å². The lowest BCUT2D eigenvalue weighted by atomic mass is 9.69. The van der Waals surface area contributed by atoms with E-state index in [9.17, 15) is 9.90 Å². The van der Waals surface area contributed by atoms with Crippen molar-refractivity contribution >= 4 is 13.1 Å². The van der Waals surface area contributed by atoms with Gasteiger partial charge in [-0.05, 0) is 38.2 Å². The fourth-order valence-corrected chi connectivity index (χ4v) is 3.06. The van der Waals surface area contributed by atoms with E-state index in [1.54, 1.807) is 0 Å². The van der Waals surface area contributed by atoms with Crippen molar-refractivity contribution in [3.05, 3.63) is 0 Å². The molecule has 1 aliphatic rings. The second-order valence-corrected chi connectivity index (χ2v) is 6.02. The summed E-state index contributed by atoms with van der Waals surface area (Å²) in [5, 5.41) is 30.2. The predicted octanol–water partition coefficient (Wildman–Crippen LogP) is -0.520. The Morgan fingerprint density at radius 1 is 1.47 bits per heavy atom. The molecule has 0 saturated carbocycles. The Hall–Kier alpha value is -0.625. The number of carboxylic acids is 1. The molecule has 0 aromatic rings. The fraction of sp³-hybridized carbons (Fsp3) is 0.917. The van der Waals surface area contributed by atoms with Crippen molar-refractivity contribution in [3.63, 3.8) is 0 Å². The number of hydrogen-bond acceptors (Lipinski definition) is 5. The first-order chi connectivity index (χ1) is 8.77. The van der Waals surface area contributed by atoms with Gasteiger partial charge in [-0.1, -0.05) is 13.3 Å². The van der Waals surface area contributed by atoms with E-state index < -0.39 is 19.1 Å². The molecule has 19 heavy (non-hydrogen) atoms. The van der Waals surface area contributed by atoms with Crippen LogP contribution < -0.4 is 5.32 Å². The summed E-state index contributed by atoms with van der Waals surface area (Å²) >= 11 is 0. The number of hydrogen-bond donors (Lipinski definition) is 4. The summed E-state index contributed by atoms with van der Waals surface area (Å²) in [6.07, 6.45) is 1.58. The van der Waals surface area contributed by atoms with Crippen LogP contribution in [-0.4, -0.2) is 66.4 Å². The number of aliphatic carboxylic acids is 1. The molecule has 1 aliphatic heterocycles. The van der Waals surface area contributed by atoms with Gasteiger partial charge in [-0.2, -0.15) is 0 Å². The maximum absolute atomic E-state index is 11.4. The van der Waals surface area contributed by atoms with Crippen LogP contribution in [0, 0.1) is 11.3 Å². The molecule has 4 N–H and O–H groups in total. The standard InChI is InChI=1S/C12H25BN2O4/c1-12(5-4-6-13(18)19)9(8-15(2)3)7-14-10(12)11(16)17/h9-10,14,18-19H,4-8H2,1-3H3,(H,16,17)/t9-,10-,12-/m1/s1. The topological polar surface area (TPSA) is 93.0 Å². The molecule has 1 rings (SSSR count). The van der Waals surface area contributed by atoms with Gasteiger partial charge in [0.05, 0.1) is 0 Å². The summed E-state index contributed by atoms with van der Waals surface area (Å²) < 4.78 is 0. The maximum Gasteiger partial charge on any atom is 0.451 e. The van der Waals surface area contributed by atoms with Crippen LogP contribution in [0.4, 0.5) is 0 Å². The minimum atomic E-state index is -1.31. The van der Waals surface area contributed by atoms with Gasteiger partial charge >= 0.3 is 13.1 Å². The quantitative estimate of drug-likeness (QED) is 0.466. The number of carboxylic acid groups (broad SMARTS) is 1. The van der Waals surface area contributed by atoms with Crippen LogP contribution in [0.15, 0.2) is 0 Å². The third-order valence-corrected chi connectivity index (χ3v) is 4.17. The molecule has 0 unspecified atom stereocenters. The number of rotatable bonds is 7. The molecule has 0 aromatic heterocycles. The van der Waals surface area contributed by atoms with Crippen molar-refractivity contribution in [2.24, 2.45) is 11.3 Å². The van der Waals surface area contributed by atoms with Gasteiger partial charge in [0.1, 0.15) is 6.04 Å². The van der Waals surface area contributed by atoms with Crippen LogP contribution >= 0.6 is 0 Å². The summed E-state index contributed by atoms with van der Waals surface area (Å²) in [4.78, 5) is 13.4. The molecule has 6 nitrogen and oxygen atoms in total. The van der Waals surface area contributed by atoms with Crippen molar-refractivity contribution in [1.82, 2.24) is 10.2 Å². The Kier molecular flexibility index (Phi) is 5.79. The Bertz CT molecular complexity index is 314. The summed E-state index contributed by atoms with van der Waals surface area (Å²) in [5.74, 6) is -0.576. The predicted molar refractivity (Wildman–Crippen MR) is 73.8 cm³/mol. The number of nitrogens with one attached hydrogen (secondary N) is 1. The molecule has 0 bridgehead atoms. The van der Waals surface area contributed by atoms with E-state index in [1.807, 2.05) is 21.0 Å². The van der Waals surface area contributed by atoms with E-state index in [-0.39, 0.29) is 17.7 Å². The average molecular weight is 272 g/mol. The number of carbonyl (C=O) groups is 1. The summed E-state index contributed by atoms with van der Waals surface area (Å²) in [7, 11) is 2.64. The second kappa shape index (κ2) is 6.70. The Labute approximate surface area is 114 Å². The van der Waals surface area contributed by atoms with Crippen LogP contribution in [0.1, 0.15) is 19.8 Å². The molecule has 7 heteroatoms. The van der Waals surface area contributed by atoms with E-state index in [0.717, 1.165) is 6.54 Å². The highest BCUT2D eigenvalue weighted by Crippen LogP contribution is 2.41. The molecule has 110 valence electrons. The molecule has 1 heterocycles. The molecule has 0 amide bonds. The molecule has 0 spiro atoms. The molecule has 0 radical (unpaired) electrons. The minimum Gasteiger partial charge on any atom is -0.480 e. The Morgan fingerprint density at radius 3 is 2.58 bits per heavy atom. The lowest BCUT2D eigenvalue weighted by Gasteiger charge is -2.35. The minimum absolute atomic E-state index is 0.249. The fourth-order valence-electron chi connectivity index (χ4n) is 3.06. The first kappa shape index (κ1) is 16.4. The van der Waals surface area contributed by atoms with Crippen LogP contribution in [-0.2, 0) is 4.79 Å². The van der Waals surface area contributed by atoms with E-state index >= 15 is 0 Å². The third-order valence-electron chi connectivity index (χ3n) is 4.17. The summed E-state index contributed by atoms with van der Waals surface area (Å²) in [6.45, 7) is 3.51. The van der Waals surface area contributed by atoms with Crippen LogP contribution in [0.3, 0.4) is 0 Å².